The maximum absolute atomic E-state index is 10.5. The summed E-state index contributed by atoms with van der Waals surface area (Å²) in [6.07, 6.45) is 3.39. The van der Waals surface area contributed by atoms with E-state index in [9.17, 15) is 4.79 Å². The van der Waals surface area contributed by atoms with Crippen molar-refractivity contribution in [2.45, 2.75) is 30.3 Å². The van der Waals surface area contributed by atoms with Gasteiger partial charge >= 0.3 is 5.97 Å². The molecule has 0 saturated heterocycles. The van der Waals surface area contributed by atoms with E-state index in [-0.39, 0.29) is 11.7 Å². The number of thioether (sulfide) groups is 1. The number of nitrogens with zero attached hydrogens (tertiary/aromatic N) is 2. The third kappa shape index (κ3) is 2.66. The maximum Gasteiger partial charge on any atom is 0.313 e. The molecule has 19 heavy (non-hydrogen) atoms. The lowest BCUT2D eigenvalue weighted by Gasteiger charge is -2.20. The summed E-state index contributed by atoms with van der Waals surface area (Å²) in [6, 6.07) is 2.16. The average Bonchev–Trinajstić information content (AvgIpc) is 3.04. The smallest absolute Gasteiger partial charge is 0.313 e. The summed E-state index contributed by atoms with van der Waals surface area (Å²) in [5.41, 5.74) is 1.35. The highest BCUT2D eigenvalue weighted by Crippen LogP contribution is 2.38. The van der Waals surface area contributed by atoms with E-state index in [0.717, 1.165) is 36.8 Å². The standard InChI is InChI=1S/C12H13N3O2S2/c16-10(17)6-19-12-13-11(14-15-12)8-2-1-3-9-7(8)4-5-18-9/h4-5,8H,1-3,6H2,(H,16,17)(H,13,14,15). The van der Waals surface area contributed by atoms with Crippen LogP contribution < -0.4 is 0 Å². The van der Waals surface area contributed by atoms with Crippen LogP contribution >= 0.6 is 23.1 Å². The first-order valence-electron chi connectivity index (χ1n) is 6.07. The molecule has 2 N–H and O–H groups in total. The van der Waals surface area contributed by atoms with Gasteiger partial charge < -0.3 is 5.11 Å². The first-order valence-corrected chi connectivity index (χ1v) is 7.93. The fourth-order valence-electron chi connectivity index (χ4n) is 2.38. The third-order valence-corrected chi connectivity index (χ3v) is 5.02. The molecule has 5 nitrogen and oxygen atoms in total. The molecule has 2 aromatic heterocycles. The molecule has 100 valence electrons. The second-order valence-corrected chi connectivity index (χ2v) is 6.37. The Balaban J connectivity index is 1.79. The Morgan fingerprint density at radius 2 is 2.53 bits per heavy atom. The molecule has 2 heterocycles. The second kappa shape index (κ2) is 5.34. The quantitative estimate of drug-likeness (QED) is 0.847. The number of aryl methyl sites for hydroxylation is 1. The van der Waals surface area contributed by atoms with Gasteiger partial charge in [0.05, 0.1) is 5.75 Å². The molecule has 3 rings (SSSR count). The number of aliphatic carboxylic acids is 1. The van der Waals surface area contributed by atoms with Gasteiger partial charge in [0.1, 0.15) is 5.82 Å². The number of nitrogens with one attached hydrogen (secondary N) is 1. The molecular formula is C12H13N3O2S2. The van der Waals surface area contributed by atoms with Crippen molar-refractivity contribution >= 4 is 29.1 Å². The zero-order chi connectivity index (χ0) is 13.2. The number of H-pyrrole nitrogens is 1. The summed E-state index contributed by atoms with van der Waals surface area (Å²) in [5, 5.41) is 18.3. The number of hydrogen-bond donors (Lipinski definition) is 2. The van der Waals surface area contributed by atoms with E-state index in [2.05, 4.69) is 26.6 Å². The number of fused-ring (bicyclic) bond motifs is 1. The fraction of sp³-hybridized carbons (Fsp3) is 0.417. The molecule has 2 aromatic rings. The van der Waals surface area contributed by atoms with Gasteiger partial charge in [0, 0.05) is 10.8 Å². The number of carboxylic acid groups (broad SMARTS) is 1. The number of carboxylic acids is 1. The van der Waals surface area contributed by atoms with E-state index in [1.807, 2.05) is 0 Å². The molecule has 1 unspecified atom stereocenters. The van der Waals surface area contributed by atoms with Gasteiger partial charge in [-0.15, -0.1) is 16.4 Å². The second-order valence-electron chi connectivity index (χ2n) is 4.43. The van der Waals surface area contributed by atoms with Gasteiger partial charge in [0.15, 0.2) is 0 Å². The van der Waals surface area contributed by atoms with E-state index in [1.54, 1.807) is 11.3 Å². The largest absolute Gasteiger partial charge is 0.481 e. The van der Waals surface area contributed by atoms with Gasteiger partial charge in [0.25, 0.3) is 0 Å². The minimum atomic E-state index is -0.853. The Hall–Kier alpha value is -1.34. The number of carbonyl (C=O) groups is 1. The minimum absolute atomic E-state index is 0.00827. The molecule has 0 radical (unpaired) electrons. The van der Waals surface area contributed by atoms with Crippen LogP contribution in [0.25, 0.3) is 0 Å². The average molecular weight is 295 g/mol. The first kappa shape index (κ1) is 12.7. The molecule has 1 aliphatic rings. The highest BCUT2D eigenvalue weighted by atomic mass is 32.2. The lowest BCUT2D eigenvalue weighted by Crippen LogP contribution is -2.10. The normalized spacial score (nSPS) is 18.2. The monoisotopic (exact) mass is 295 g/mol. The Morgan fingerprint density at radius 3 is 3.37 bits per heavy atom. The molecule has 1 atom stereocenters. The van der Waals surface area contributed by atoms with E-state index in [0.29, 0.717) is 5.16 Å². The van der Waals surface area contributed by atoms with Crippen LogP contribution in [-0.2, 0) is 11.2 Å². The predicted octanol–water partition coefficient (Wildman–Crippen LogP) is 2.51. The van der Waals surface area contributed by atoms with Crippen LogP contribution in [-0.4, -0.2) is 32.0 Å². The number of rotatable bonds is 4. The third-order valence-electron chi connectivity index (χ3n) is 3.19. The van der Waals surface area contributed by atoms with Gasteiger partial charge in [-0.2, -0.15) is 0 Å². The SMILES string of the molecule is O=C(O)CSc1n[nH]c(C2CCCc3sccc32)n1. The van der Waals surface area contributed by atoms with E-state index in [4.69, 9.17) is 5.11 Å². The zero-order valence-electron chi connectivity index (χ0n) is 10.1. The van der Waals surface area contributed by atoms with Crippen LogP contribution in [0.2, 0.25) is 0 Å². The fourth-order valence-corrected chi connectivity index (χ4v) is 3.89. The van der Waals surface area contributed by atoms with E-state index in [1.165, 1.54) is 10.4 Å². The minimum Gasteiger partial charge on any atom is -0.481 e. The maximum atomic E-state index is 10.5. The molecule has 0 aromatic carbocycles. The van der Waals surface area contributed by atoms with Crippen molar-refractivity contribution in [3.05, 3.63) is 27.7 Å². The molecule has 0 spiro atoms. The Morgan fingerprint density at radius 1 is 1.63 bits per heavy atom. The Labute approximate surface area is 118 Å². The number of aromatic amines is 1. The van der Waals surface area contributed by atoms with Crippen LogP contribution in [0.1, 0.15) is 35.0 Å². The number of thiophene rings is 1. The summed E-state index contributed by atoms with van der Waals surface area (Å²) in [7, 11) is 0. The number of aromatic nitrogens is 3. The predicted molar refractivity (Wildman–Crippen MR) is 73.8 cm³/mol. The molecule has 0 amide bonds. The highest BCUT2D eigenvalue weighted by Gasteiger charge is 2.25. The van der Waals surface area contributed by atoms with Crippen molar-refractivity contribution in [3.63, 3.8) is 0 Å². The zero-order valence-corrected chi connectivity index (χ0v) is 11.8. The van der Waals surface area contributed by atoms with Gasteiger partial charge in [0.2, 0.25) is 5.16 Å². The lowest BCUT2D eigenvalue weighted by atomic mass is 9.87. The summed E-state index contributed by atoms with van der Waals surface area (Å²) in [4.78, 5) is 16.4. The van der Waals surface area contributed by atoms with Crippen LogP contribution in [0, 0.1) is 0 Å². The summed E-state index contributed by atoms with van der Waals surface area (Å²) < 4.78 is 0. The van der Waals surface area contributed by atoms with E-state index < -0.39 is 5.97 Å². The van der Waals surface area contributed by atoms with Gasteiger partial charge in [-0.05, 0) is 36.3 Å². The van der Waals surface area contributed by atoms with Gasteiger partial charge in [-0.25, -0.2) is 4.98 Å². The molecule has 1 aliphatic carbocycles. The topological polar surface area (TPSA) is 78.9 Å². The van der Waals surface area contributed by atoms with Crippen LogP contribution in [0.5, 0.6) is 0 Å². The van der Waals surface area contributed by atoms with Crippen molar-refractivity contribution in [2.75, 3.05) is 5.75 Å². The van der Waals surface area contributed by atoms with Crippen molar-refractivity contribution in [1.82, 2.24) is 15.2 Å². The number of hydrogen-bond acceptors (Lipinski definition) is 5. The molecular weight excluding hydrogens is 282 g/mol. The van der Waals surface area contributed by atoms with Crippen LogP contribution in [0.3, 0.4) is 0 Å². The molecule has 0 aliphatic heterocycles. The molecule has 0 bridgehead atoms. The summed E-state index contributed by atoms with van der Waals surface area (Å²) >= 11 is 2.95. The molecule has 7 heteroatoms. The molecule has 0 saturated carbocycles. The first-order chi connectivity index (χ1) is 9.24. The highest BCUT2D eigenvalue weighted by molar-refractivity contribution is 7.99. The van der Waals surface area contributed by atoms with E-state index >= 15 is 0 Å². The van der Waals surface area contributed by atoms with Gasteiger partial charge in [-0.1, -0.05) is 11.8 Å². The Kier molecular flexibility index (Phi) is 3.56. The van der Waals surface area contributed by atoms with Crippen molar-refractivity contribution in [3.8, 4) is 0 Å². The van der Waals surface area contributed by atoms with Crippen molar-refractivity contribution in [1.29, 1.82) is 0 Å². The lowest BCUT2D eigenvalue weighted by molar-refractivity contribution is -0.133. The summed E-state index contributed by atoms with van der Waals surface area (Å²) in [5.74, 6) is 0.272. The van der Waals surface area contributed by atoms with Crippen molar-refractivity contribution < 1.29 is 9.90 Å². The van der Waals surface area contributed by atoms with Crippen LogP contribution in [0.4, 0.5) is 0 Å². The van der Waals surface area contributed by atoms with Crippen LogP contribution in [0.15, 0.2) is 16.6 Å². The van der Waals surface area contributed by atoms with Gasteiger partial charge in [-0.3, -0.25) is 9.89 Å². The van der Waals surface area contributed by atoms with Crippen molar-refractivity contribution in [2.24, 2.45) is 0 Å². The molecule has 0 fully saturated rings. The Bertz CT molecular complexity index is 593. The summed E-state index contributed by atoms with van der Waals surface area (Å²) in [6.45, 7) is 0.